The number of likely N-dealkylation sites (N-methyl/N-ethyl adjacent to an activating group) is 2. The van der Waals surface area contributed by atoms with Crippen LogP contribution in [0.25, 0.3) is 0 Å². The average Bonchev–Trinajstić information content (AvgIpc) is 2.89. The summed E-state index contributed by atoms with van der Waals surface area (Å²) in [5, 5.41) is 8.27. The van der Waals surface area contributed by atoms with Crippen molar-refractivity contribution in [3.05, 3.63) is 35.9 Å². The van der Waals surface area contributed by atoms with E-state index >= 15 is 0 Å². The zero-order valence-electron chi connectivity index (χ0n) is 11.2. The molecule has 2 fully saturated rings. The first-order valence-electron chi connectivity index (χ1n) is 6.28. The van der Waals surface area contributed by atoms with E-state index in [2.05, 4.69) is 10.4 Å². The molecule has 2 aliphatic heterocycles. The Labute approximate surface area is 116 Å². The van der Waals surface area contributed by atoms with E-state index in [1.54, 1.807) is 20.3 Å². The fraction of sp³-hybridized carbons (Fsp3) is 0.308. The van der Waals surface area contributed by atoms with Crippen molar-refractivity contribution in [3.8, 4) is 0 Å². The van der Waals surface area contributed by atoms with Crippen molar-refractivity contribution in [3.63, 3.8) is 0 Å². The maximum Gasteiger partial charge on any atom is 0.341 e. The Kier molecular flexibility index (Phi) is 2.81. The SMILES string of the molecule is CN1C(=O)N(C)[C@H]2NC(=O)N(/N=C\c3ccccc3)[C@H]21. The van der Waals surface area contributed by atoms with E-state index in [0.29, 0.717) is 0 Å². The van der Waals surface area contributed by atoms with Crippen molar-refractivity contribution >= 4 is 18.3 Å². The Balaban J connectivity index is 1.85. The number of hydrazone groups is 1. The molecule has 0 unspecified atom stereocenters. The molecule has 2 saturated heterocycles. The summed E-state index contributed by atoms with van der Waals surface area (Å²) < 4.78 is 0. The van der Waals surface area contributed by atoms with Crippen molar-refractivity contribution in [1.29, 1.82) is 0 Å². The molecular formula is C13H15N5O2. The normalized spacial score (nSPS) is 25.6. The first-order chi connectivity index (χ1) is 9.59. The van der Waals surface area contributed by atoms with Crippen LogP contribution in [0.1, 0.15) is 5.56 Å². The lowest BCUT2D eigenvalue weighted by Gasteiger charge is -2.21. The van der Waals surface area contributed by atoms with Crippen molar-refractivity contribution in [2.75, 3.05) is 14.1 Å². The Morgan fingerprint density at radius 3 is 2.55 bits per heavy atom. The van der Waals surface area contributed by atoms with E-state index < -0.39 is 6.17 Å². The fourth-order valence-corrected chi connectivity index (χ4v) is 2.46. The fourth-order valence-electron chi connectivity index (χ4n) is 2.46. The van der Waals surface area contributed by atoms with Gasteiger partial charge in [0.15, 0.2) is 6.17 Å². The highest BCUT2D eigenvalue weighted by molar-refractivity contribution is 5.86. The number of fused-ring (bicyclic) bond motifs is 1. The van der Waals surface area contributed by atoms with E-state index in [1.807, 2.05) is 30.3 Å². The molecule has 0 bridgehead atoms. The zero-order chi connectivity index (χ0) is 14.3. The zero-order valence-corrected chi connectivity index (χ0v) is 11.2. The molecule has 0 spiro atoms. The number of rotatable bonds is 2. The number of urea groups is 2. The predicted molar refractivity (Wildman–Crippen MR) is 72.9 cm³/mol. The van der Waals surface area contributed by atoms with Crippen LogP contribution in [-0.4, -0.2) is 59.5 Å². The number of benzene rings is 1. The summed E-state index contributed by atoms with van der Waals surface area (Å²) in [5.41, 5.74) is 0.893. The highest BCUT2D eigenvalue weighted by atomic mass is 16.2. The molecule has 4 amide bonds. The van der Waals surface area contributed by atoms with Crippen LogP contribution in [0.4, 0.5) is 9.59 Å². The molecule has 0 radical (unpaired) electrons. The van der Waals surface area contributed by atoms with Gasteiger partial charge in [0.1, 0.15) is 6.17 Å². The first-order valence-corrected chi connectivity index (χ1v) is 6.28. The molecule has 1 aromatic carbocycles. The lowest BCUT2D eigenvalue weighted by molar-refractivity contribution is 0.148. The van der Waals surface area contributed by atoms with Gasteiger partial charge in [0.2, 0.25) is 0 Å². The quantitative estimate of drug-likeness (QED) is 0.806. The van der Waals surface area contributed by atoms with Gasteiger partial charge in [-0.05, 0) is 5.56 Å². The average molecular weight is 273 g/mol. The maximum atomic E-state index is 11.9. The van der Waals surface area contributed by atoms with Gasteiger partial charge in [-0.2, -0.15) is 10.1 Å². The van der Waals surface area contributed by atoms with Gasteiger partial charge in [0, 0.05) is 14.1 Å². The highest BCUT2D eigenvalue weighted by Gasteiger charge is 2.52. The highest BCUT2D eigenvalue weighted by Crippen LogP contribution is 2.26. The molecule has 0 saturated carbocycles. The van der Waals surface area contributed by atoms with Crippen LogP contribution in [0.5, 0.6) is 0 Å². The molecule has 0 aromatic heterocycles. The number of nitrogens with one attached hydrogen (secondary N) is 1. The summed E-state index contributed by atoms with van der Waals surface area (Å²) >= 11 is 0. The predicted octanol–water partition coefficient (Wildman–Crippen LogP) is 0.695. The lowest BCUT2D eigenvalue weighted by atomic mass is 10.2. The minimum absolute atomic E-state index is 0.139. The van der Waals surface area contributed by atoms with Gasteiger partial charge in [-0.25, -0.2) is 9.59 Å². The van der Waals surface area contributed by atoms with Crippen LogP contribution >= 0.6 is 0 Å². The molecule has 1 N–H and O–H groups in total. The molecule has 7 nitrogen and oxygen atoms in total. The molecule has 2 heterocycles. The molecule has 7 heteroatoms. The molecule has 3 rings (SSSR count). The smallest absolute Gasteiger partial charge is 0.312 e. The summed E-state index contributed by atoms with van der Waals surface area (Å²) in [6.07, 6.45) is 0.825. The van der Waals surface area contributed by atoms with Crippen LogP contribution in [0.3, 0.4) is 0 Å². The van der Waals surface area contributed by atoms with Crippen LogP contribution < -0.4 is 5.32 Å². The number of amides is 4. The van der Waals surface area contributed by atoms with Gasteiger partial charge in [-0.15, -0.1) is 0 Å². The van der Waals surface area contributed by atoms with Crippen LogP contribution in [0.15, 0.2) is 35.4 Å². The number of hydrogen-bond acceptors (Lipinski definition) is 3. The third-order valence-electron chi connectivity index (χ3n) is 3.56. The van der Waals surface area contributed by atoms with Crippen molar-refractivity contribution in [2.24, 2.45) is 5.10 Å². The van der Waals surface area contributed by atoms with E-state index in [4.69, 9.17) is 0 Å². The van der Waals surface area contributed by atoms with Crippen LogP contribution in [0, 0.1) is 0 Å². The second kappa shape index (κ2) is 4.52. The molecule has 1 aromatic rings. The van der Waals surface area contributed by atoms with Gasteiger partial charge < -0.3 is 15.1 Å². The van der Waals surface area contributed by atoms with E-state index in [9.17, 15) is 9.59 Å². The van der Waals surface area contributed by atoms with Gasteiger partial charge in [-0.1, -0.05) is 30.3 Å². The topological polar surface area (TPSA) is 68.2 Å². The van der Waals surface area contributed by atoms with Crippen molar-refractivity contribution in [1.82, 2.24) is 20.1 Å². The molecule has 104 valence electrons. The lowest BCUT2D eigenvalue weighted by Crippen LogP contribution is -2.41. The van der Waals surface area contributed by atoms with Crippen LogP contribution in [-0.2, 0) is 0 Å². The summed E-state index contributed by atoms with van der Waals surface area (Å²) in [5.74, 6) is 0. The summed E-state index contributed by atoms with van der Waals surface area (Å²) in [4.78, 5) is 26.8. The molecule has 0 aliphatic carbocycles. The third-order valence-corrected chi connectivity index (χ3v) is 3.56. The van der Waals surface area contributed by atoms with Gasteiger partial charge in [0.05, 0.1) is 6.21 Å². The molecule has 2 aliphatic rings. The standard InChI is InChI=1S/C13H15N5O2/c1-16-10-11(17(2)13(16)20)18(12(19)15-10)14-8-9-6-4-3-5-7-9/h3-8,10-11H,1-2H3,(H,15,19)/b14-8-/t10-,11-/m1/s1. The number of nitrogens with zero attached hydrogens (tertiary/aromatic N) is 4. The Bertz CT molecular complexity index is 573. The number of hydrogen-bond donors (Lipinski definition) is 1. The van der Waals surface area contributed by atoms with E-state index in [1.165, 1.54) is 14.8 Å². The molecular weight excluding hydrogens is 258 g/mol. The van der Waals surface area contributed by atoms with Crippen LogP contribution in [0.2, 0.25) is 0 Å². The minimum Gasteiger partial charge on any atom is -0.312 e. The molecule has 20 heavy (non-hydrogen) atoms. The van der Waals surface area contributed by atoms with E-state index in [0.717, 1.165) is 5.56 Å². The van der Waals surface area contributed by atoms with Gasteiger partial charge in [-0.3, -0.25) is 0 Å². The maximum absolute atomic E-state index is 11.9. The summed E-state index contributed by atoms with van der Waals surface area (Å²) in [6, 6.07) is 9.04. The summed E-state index contributed by atoms with van der Waals surface area (Å²) in [6.45, 7) is 0. The number of carbonyl (C=O) groups is 2. The second-order valence-corrected chi connectivity index (χ2v) is 4.81. The monoisotopic (exact) mass is 273 g/mol. The largest absolute Gasteiger partial charge is 0.341 e. The summed E-state index contributed by atoms with van der Waals surface area (Å²) in [7, 11) is 3.32. The third kappa shape index (κ3) is 1.78. The van der Waals surface area contributed by atoms with Gasteiger partial charge in [0.25, 0.3) is 0 Å². The Morgan fingerprint density at radius 2 is 1.85 bits per heavy atom. The second-order valence-electron chi connectivity index (χ2n) is 4.81. The number of carbonyl (C=O) groups excluding carboxylic acids is 2. The Morgan fingerprint density at radius 1 is 1.15 bits per heavy atom. The Hall–Kier alpha value is -2.57. The minimum atomic E-state index is -0.417. The van der Waals surface area contributed by atoms with E-state index in [-0.39, 0.29) is 18.2 Å². The van der Waals surface area contributed by atoms with Crippen molar-refractivity contribution in [2.45, 2.75) is 12.3 Å². The first kappa shape index (κ1) is 12.5. The van der Waals surface area contributed by atoms with Crippen molar-refractivity contribution < 1.29 is 9.59 Å². The molecule has 2 atom stereocenters. The van der Waals surface area contributed by atoms with Gasteiger partial charge >= 0.3 is 12.1 Å².